The molecule has 10 heteroatoms. The molecule has 186 valence electrons. The number of carbonyl (C=O) groups is 2. The fourth-order valence-electron chi connectivity index (χ4n) is 4.28. The minimum Gasteiger partial charge on any atom is -0.493 e. The topological polar surface area (TPSA) is 120 Å². The molecule has 0 spiro atoms. The van der Waals surface area contributed by atoms with Crippen molar-refractivity contribution >= 4 is 23.2 Å². The zero-order valence-corrected chi connectivity index (χ0v) is 20.0. The van der Waals surface area contributed by atoms with E-state index in [1.54, 1.807) is 29.2 Å². The first-order valence-electron chi connectivity index (χ1n) is 11.1. The molecule has 10 nitrogen and oxygen atoms in total. The van der Waals surface area contributed by atoms with Gasteiger partial charge in [0, 0.05) is 29.9 Å². The molecule has 0 unspecified atom stereocenters. The number of methoxy groups -OCH3 is 3. The van der Waals surface area contributed by atoms with Gasteiger partial charge in [0.05, 0.1) is 38.7 Å². The summed E-state index contributed by atoms with van der Waals surface area (Å²) >= 11 is 0. The van der Waals surface area contributed by atoms with Crippen molar-refractivity contribution in [1.29, 1.82) is 0 Å². The van der Waals surface area contributed by atoms with Crippen molar-refractivity contribution in [2.75, 3.05) is 26.6 Å². The van der Waals surface area contributed by atoms with E-state index in [0.29, 0.717) is 40.6 Å². The number of ether oxygens (including phenoxy) is 3. The standard InChI is InChI=1S/C26H25N3O7/c1-34-22-12-17(13-23(35-2)25(22)36-3)21(28-15-16-6-4-5-7-20(16)26(28)31)14-24(30)27-18-8-10-19(11-9-18)29(32)33/h4-13,21H,14-15H2,1-3H3,(H,27,30)/t21-/m1/s1. The maximum atomic E-state index is 13.3. The van der Waals surface area contributed by atoms with E-state index in [9.17, 15) is 19.7 Å². The van der Waals surface area contributed by atoms with Crippen LogP contribution in [0.5, 0.6) is 17.2 Å². The summed E-state index contributed by atoms with van der Waals surface area (Å²) in [6.07, 6.45) is -0.0741. The Balaban J connectivity index is 1.68. The number of nitro groups is 1. The molecule has 1 aliphatic rings. The molecule has 2 amide bonds. The van der Waals surface area contributed by atoms with Crippen LogP contribution in [0.3, 0.4) is 0 Å². The Morgan fingerprint density at radius 2 is 1.67 bits per heavy atom. The molecule has 0 aromatic heterocycles. The van der Waals surface area contributed by atoms with E-state index in [4.69, 9.17) is 14.2 Å². The Hall–Kier alpha value is -4.60. The number of amides is 2. The SMILES string of the molecule is COc1cc([C@@H](CC(=O)Nc2ccc([N+](=O)[O-])cc2)N2Cc3ccccc3C2=O)cc(OC)c1OC. The summed E-state index contributed by atoms with van der Waals surface area (Å²) in [6, 6.07) is 15.7. The second-order valence-corrected chi connectivity index (χ2v) is 8.12. The van der Waals surface area contributed by atoms with Crippen molar-refractivity contribution in [2.45, 2.75) is 19.0 Å². The highest BCUT2D eigenvalue weighted by atomic mass is 16.6. The van der Waals surface area contributed by atoms with E-state index in [1.807, 2.05) is 12.1 Å². The van der Waals surface area contributed by atoms with Crippen molar-refractivity contribution in [3.63, 3.8) is 0 Å². The summed E-state index contributed by atoms with van der Waals surface area (Å²) in [6.45, 7) is 0.334. The van der Waals surface area contributed by atoms with Gasteiger partial charge in [-0.25, -0.2) is 0 Å². The summed E-state index contributed by atoms with van der Waals surface area (Å²) in [5.74, 6) is 0.640. The van der Waals surface area contributed by atoms with Gasteiger partial charge in [0.1, 0.15) is 0 Å². The molecule has 0 radical (unpaired) electrons. The predicted octanol–water partition coefficient (Wildman–Crippen LogP) is 4.35. The monoisotopic (exact) mass is 491 g/mol. The van der Waals surface area contributed by atoms with Crippen LogP contribution in [0, 0.1) is 10.1 Å². The molecule has 0 aliphatic carbocycles. The number of benzene rings is 3. The van der Waals surface area contributed by atoms with Crippen molar-refractivity contribution in [3.05, 3.63) is 87.5 Å². The molecule has 1 atom stereocenters. The highest BCUT2D eigenvalue weighted by molar-refractivity contribution is 5.99. The van der Waals surface area contributed by atoms with E-state index in [2.05, 4.69) is 5.32 Å². The molecule has 1 aliphatic heterocycles. The first-order chi connectivity index (χ1) is 17.4. The number of hydrogen-bond acceptors (Lipinski definition) is 7. The van der Waals surface area contributed by atoms with Gasteiger partial charge in [-0.15, -0.1) is 0 Å². The van der Waals surface area contributed by atoms with Crippen LogP contribution in [-0.4, -0.2) is 43.0 Å². The molecule has 0 bridgehead atoms. The van der Waals surface area contributed by atoms with Gasteiger partial charge >= 0.3 is 0 Å². The molecule has 3 aromatic carbocycles. The van der Waals surface area contributed by atoms with Crippen LogP contribution >= 0.6 is 0 Å². The smallest absolute Gasteiger partial charge is 0.269 e. The van der Waals surface area contributed by atoms with Gasteiger partial charge in [0.2, 0.25) is 11.7 Å². The van der Waals surface area contributed by atoms with Crippen LogP contribution in [-0.2, 0) is 11.3 Å². The lowest BCUT2D eigenvalue weighted by atomic mass is 10.00. The lowest BCUT2D eigenvalue weighted by Crippen LogP contribution is -2.32. The van der Waals surface area contributed by atoms with Gasteiger partial charge in [0.25, 0.3) is 11.6 Å². The Bertz CT molecular complexity index is 1280. The molecular weight excluding hydrogens is 466 g/mol. The summed E-state index contributed by atoms with van der Waals surface area (Å²) in [5, 5.41) is 13.7. The maximum Gasteiger partial charge on any atom is 0.269 e. The number of nitrogens with zero attached hydrogens (tertiary/aromatic N) is 2. The van der Waals surface area contributed by atoms with Crippen molar-refractivity contribution in [1.82, 2.24) is 4.90 Å². The van der Waals surface area contributed by atoms with Crippen molar-refractivity contribution < 1.29 is 28.7 Å². The third-order valence-electron chi connectivity index (χ3n) is 6.04. The van der Waals surface area contributed by atoms with Crippen LogP contribution in [0.15, 0.2) is 60.7 Å². The number of fused-ring (bicyclic) bond motifs is 1. The lowest BCUT2D eigenvalue weighted by Gasteiger charge is -2.29. The lowest BCUT2D eigenvalue weighted by molar-refractivity contribution is -0.384. The Morgan fingerprint density at radius 3 is 2.22 bits per heavy atom. The molecule has 0 saturated heterocycles. The van der Waals surface area contributed by atoms with Crippen LogP contribution < -0.4 is 19.5 Å². The van der Waals surface area contributed by atoms with Crippen molar-refractivity contribution in [2.24, 2.45) is 0 Å². The number of hydrogen-bond donors (Lipinski definition) is 1. The van der Waals surface area contributed by atoms with Gasteiger partial charge < -0.3 is 24.4 Å². The average Bonchev–Trinajstić information content (AvgIpc) is 3.22. The van der Waals surface area contributed by atoms with Crippen LogP contribution in [0.4, 0.5) is 11.4 Å². The first-order valence-corrected chi connectivity index (χ1v) is 11.1. The van der Waals surface area contributed by atoms with Gasteiger partial charge in [-0.2, -0.15) is 0 Å². The Morgan fingerprint density at radius 1 is 1.03 bits per heavy atom. The van der Waals surface area contributed by atoms with E-state index in [1.165, 1.54) is 45.6 Å². The van der Waals surface area contributed by atoms with Crippen LogP contribution in [0.25, 0.3) is 0 Å². The number of anilines is 1. The normalized spacial score (nSPS) is 13.1. The first kappa shape index (κ1) is 24.5. The minimum absolute atomic E-state index is 0.0741. The summed E-state index contributed by atoms with van der Waals surface area (Å²) < 4.78 is 16.4. The molecular formula is C26H25N3O7. The minimum atomic E-state index is -0.656. The van der Waals surface area contributed by atoms with Gasteiger partial charge in [-0.05, 0) is 41.5 Å². The Labute approximate surface area is 207 Å². The molecule has 4 rings (SSSR count). The largest absolute Gasteiger partial charge is 0.493 e. The maximum absolute atomic E-state index is 13.3. The number of rotatable bonds is 9. The summed E-state index contributed by atoms with van der Waals surface area (Å²) in [5.41, 5.74) is 2.42. The third-order valence-corrected chi connectivity index (χ3v) is 6.04. The molecule has 0 saturated carbocycles. The molecule has 1 heterocycles. The highest BCUT2D eigenvalue weighted by Crippen LogP contribution is 2.43. The Kier molecular flexibility index (Phi) is 7.05. The van der Waals surface area contributed by atoms with E-state index >= 15 is 0 Å². The molecule has 3 aromatic rings. The molecule has 36 heavy (non-hydrogen) atoms. The highest BCUT2D eigenvalue weighted by Gasteiger charge is 2.35. The zero-order chi connectivity index (χ0) is 25.8. The summed E-state index contributed by atoms with van der Waals surface area (Å²) in [4.78, 5) is 38.5. The van der Waals surface area contributed by atoms with E-state index in [0.717, 1.165) is 5.56 Å². The van der Waals surface area contributed by atoms with Crippen molar-refractivity contribution in [3.8, 4) is 17.2 Å². The second kappa shape index (κ2) is 10.3. The number of non-ortho nitro benzene ring substituents is 1. The third kappa shape index (κ3) is 4.78. The number of carbonyl (C=O) groups excluding carboxylic acids is 2. The second-order valence-electron chi connectivity index (χ2n) is 8.12. The molecule has 1 N–H and O–H groups in total. The predicted molar refractivity (Wildman–Crippen MR) is 131 cm³/mol. The quantitative estimate of drug-likeness (QED) is 0.349. The fraction of sp³-hybridized carbons (Fsp3) is 0.231. The van der Waals surface area contributed by atoms with Gasteiger partial charge in [0.15, 0.2) is 11.5 Å². The van der Waals surface area contributed by atoms with E-state index < -0.39 is 11.0 Å². The number of nitro benzene ring substituents is 1. The molecule has 0 fully saturated rings. The van der Waals surface area contributed by atoms with Gasteiger partial charge in [-0.3, -0.25) is 19.7 Å². The fourth-order valence-corrected chi connectivity index (χ4v) is 4.28. The van der Waals surface area contributed by atoms with Crippen LogP contribution in [0.1, 0.15) is 33.9 Å². The van der Waals surface area contributed by atoms with Crippen LogP contribution in [0.2, 0.25) is 0 Å². The average molecular weight is 492 g/mol. The summed E-state index contributed by atoms with van der Waals surface area (Å²) in [7, 11) is 4.48. The number of nitrogens with one attached hydrogen (secondary N) is 1. The van der Waals surface area contributed by atoms with E-state index in [-0.39, 0.29) is 23.9 Å². The van der Waals surface area contributed by atoms with Gasteiger partial charge in [-0.1, -0.05) is 18.2 Å². The zero-order valence-electron chi connectivity index (χ0n) is 20.0.